The van der Waals surface area contributed by atoms with E-state index in [9.17, 15) is 8.42 Å². The van der Waals surface area contributed by atoms with Crippen molar-refractivity contribution in [2.24, 2.45) is 10.7 Å². The summed E-state index contributed by atoms with van der Waals surface area (Å²) in [6.45, 7) is 3.63. The van der Waals surface area contributed by atoms with Gasteiger partial charge in [0, 0.05) is 19.3 Å². The first-order chi connectivity index (χ1) is 10.4. The third kappa shape index (κ3) is 7.45. The van der Waals surface area contributed by atoms with Crippen molar-refractivity contribution < 1.29 is 8.42 Å². The van der Waals surface area contributed by atoms with Gasteiger partial charge in [0.05, 0.1) is 4.90 Å². The number of rotatable bonds is 9. The largest absolute Gasteiger partial charge is 0.370 e. The van der Waals surface area contributed by atoms with Gasteiger partial charge in [-0.2, -0.15) is 0 Å². The molecule has 0 bridgehead atoms. The summed E-state index contributed by atoms with van der Waals surface area (Å²) in [6.07, 6.45) is 6.71. The SMILES string of the molecule is CCCCCCN=C(N)NCCc1ccc(S(C)(=O)=O)cc1. The first-order valence-corrected chi connectivity index (χ1v) is 9.65. The number of guanidine groups is 1. The Balaban J connectivity index is 2.30. The lowest BCUT2D eigenvalue weighted by Gasteiger charge is -2.06. The first-order valence-electron chi connectivity index (χ1n) is 7.76. The molecular formula is C16H27N3O2S. The Morgan fingerprint density at radius 1 is 1.18 bits per heavy atom. The molecule has 0 radical (unpaired) electrons. The molecule has 5 nitrogen and oxygen atoms in total. The number of sulfone groups is 1. The number of nitrogens with zero attached hydrogens (tertiary/aromatic N) is 1. The van der Waals surface area contributed by atoms with Gasteiger partial charge in [0.15, 0.2) is 15.8 Å². The molecule has 0 aliphatic heterocycles. The maximum absolute atomic E-state index is 11.4. The maximum atomic E-state index is 11.4. The van der Waals surface area contributed by atoms with Crippen molar-refractivity contribution in [1.29, 1.82) is 0 Å². The minimum Gasteiger partial charge on any atom is -0.370 e. The monoisotopic (exact) mass is 325 g/mol. The lowest BCUT2D eigenvalue weighted by molar-refractivity contribution is 0.602. The van der Waals surface area contributed by atoms with E-state index in [-0.39, 0.29) is 0 Å². The van der Waals surface area contributed by atoms with Crippen molar-refractivity contribution in [3.05, 3.63) is 29.8 Å². The Morgan fingerprint density at radius 2 is 1.86 bits per heavy atom. The van der Waals surface area contributed by atoms with Crippen LogP contribution in [0.15, 0.2) is 34.2 Å². The third-order valence-electron chi connectivity index (χ3n) is 3.37. The molecule has 0 saturated heterocycles. The van der Waals surface area contributed by atoms with Crippen molar-refractivity contribution >= 4 is 15.8 Å². The second-order valence-electron chi connectivity index (χ2n) is 5.42. The summed E-state index contributed by atoms with van der Waals surface area (Å²) in [5.74, 6) is 0.476. The van der Waals surface area contributed by atoms with Gasteiger partial charge in [-0.1, -0.05) is 38.3 Å². The van der Waals surface area contributed by atoms with Crippen LogP contribution in [-0.2, 0) is 16.3 Å². The van der Waals surface area contributed by atoms with Gasteiger partial charge in [0.2, 0.25) is 0 Å². The predicted molar refractivity (Wildman–Crippen MR) is 91.9 cm³/mol. The highest BCUT2D eigenvalue weighted by molar-refractivity contribution is 7.90. The normalized spacial score (nSPS) is 12.4. The zero-order chi connectivity index (χ0) is 16.4. The maximum Gasteiger partial charge on any atom is 0.188 e. The molecule has 1 aromatic rings. The van der Waals surface area contributed by atoms with E-state index in [4.69, 9.17) is 5.73 Å². The molecule has 0 aromatic heterocycles. The smallest absolute Gasteiger partial charge is 0.188 e. The summed E-state index contributed by atoms with van der Waals surface area (Å²) >= 11 is 0. The highest BCUT2D eigenvalue weighted by Crippen LogP contribution is 2.10. The quantitative estimate of drug-likeness (QED) is 0.414. The number of nitrogens with two attached hydrogens (primary N) is 1. The first kappa shape index (κ1) is 18.5. The van der Waals surface area contributed by atoms with Gasteiger partial charge in [-0.15, -0.1) is 0 Å². The van der Waals surface area contributed by atoms with E-state index in [0.29, 0.717) is 17.4 Å². The summed E-state index contributed by atoms with van der Waals surface area (Å²) in [5, 5.41) is 3.08. The van der Waals surface area contributed by atoms with E-state index in [1.165, 1.54) is 25.5 Å². The van der Waals surface area contributed by atoms with Gasteiger partial charge < -0.3 is 11.1 Å². The van der Waals surface area contributed by atoms with Crippen molar-refractivity contribution in [3.8, 4) is 0 Å². The second kappa shape index (κ2) is 9.46. The number of aliphatic imine (C=N–C) groups is 1. The van der Waals surface area contributed by atoms with Crippen LogP contribution in [0.4, 0.5) is 0 Å². The fourth-order valence-electron chi connectivity index (χ4n) is 2.03. The summed E-state index contributed by atoms with van der Waals surface area (Å²) < 4.78 is 22.7. The van der Waals surface area contributed by atoms with Gasteiger partial charge >= 0.3 is 0 Å². The standard InChI is InChI=1S/C16H27N3O2S/c1-3-4-5-6-12-18-16(17)19-13-11-14-7-9-15(10-8-14)22(2,20)21/h7-10H,3-6,11-13H2,1-2H3,(H3,17,18,19). The molecule has 0 atom stereocenters. The molecule has 0 aliphatic carbocycles. The van der Waals surface area contributed by atoms with Gasteiger partial charge in [0.25, 0.3) is 0 Å². The average Bonchev–Trinajstić information content (AvgIpc) is 2.46. The molecular weight excluding hydrogens is 298 g/mol. The Kier molecular flexibility index (Phi) is 7.95. The minimum atomic E-state index is -3.13. The molecule has 124 valence electrons. The molecule has 1 aromatic carbocycles. The second-order valence-corrected chi connectivity index (χ2v) is 7.44. The number of unbranched alkanes of at least 4 members (excludes halogenated alkanes) is 3. The van der Waals surface area contributed by atoms with Crippen LogP contribution >= 0.6 is 0 Å². The number of hydrogen-bond acceptors (Lipinski definition) is 3. The Morgan fingerprint density at radius 3 is 2.45 bits per heavy atom. The molecule has 0 spiro atoms. The van der Waals surface area contributed by atoms with Crippen LogP contribution in [0, 0.1) is 0 Å². The molecule has 0 heterocycles. The van der Waals surface area contributed by atoms with Crippen LogP contribution in [0.5, 0.6) is 0 Å². The van der Waals surface area contributed by atoms with Crippen molar-refractivity contribution in [2.45, 2.75) is 43.9 Å². The molecule has 22 heavy (non-hydrogen) atoms. The Hall–Kier alpha value is -1.56. The predicted octanol–water partition coefficient (Wildman–Crippen LogP) is 2.12. The molecule has 0 fully saturated rings. The Labute approximate surface area is 133 Å². The van der Waals surface area contributed by atoms with Crippen LogP contribution in [-0.4, -0.2) is 33.7 Å². The van der Waals surface area contributed by atoms with E-state index >= 15 is 0 Å². The van der Waals surface area contributed by atoms with E-state index < -0.39 is 9.84 Å². The summed E-state index contributed by atoms with van der Waals surface area (Å²) in [7, 11) is -3.13. The molecule has 3 N–H and O–H groups in total. The average molecular weight is 325 g/mol. The van der Waals surface area contributed by atoms with E-state index in [2.05, 4.69) is 17.2 Å². The topological polar surface area (TPSA) is 84.5 Å². The highest BCUT2D eigenvalue weighted by Gasteiger charge is 2.05. The number of benzene rings is 1. The van der Waals surface area contributed by atoms with Crippen LogP contribution in [0.1, 0.15) is 38.2 Å². The third-order valence-corrected chi connectivity index (χ3v) is 4.49. The molecule has 0 amide bonds. The van der Waals surface area contributed by atoms with Crippen molar-refractivity contribution in [3.63, 3.8) is 0 Å². The summed E-state index contributed by atoms with van der Waals surface area (Å²) in [5.41, 5.74) is 6.86. The molecule has 1 rings (SSSR count). The zero-order valence-corrected chi connectivity index (χ0v) is 14.3. The van der Waals surface area contributed by atoms with Crippen LogP contribution < -0.4 is 11.1 Å². The fourth-order valence-corrected chi connectivity index (χ4v) is 2.66. The van der Waals surface area contributed by atoms with E-state index in [1.54, 1.807) is 12.1 Å². The van der Waals surface area contributed by atoms with Crippen LogP contribution in [0.25, 0.3) is 0 Å². The molecule has 6 heteroatoms. The fraction of sp³-hybridized carbons (Fsp3) is 0.562. The number of hydrogen-bond donors (Lipinski definition) is 2. The van der Waals surface area contributed by atoms with Gasteiger partial charge in [-0.25, -0.2) is 8.42 Å². The van der Waals surface area contributed by atoms with E-state index in [1.807, 2.05) is 12.1 Å². The minimum absolute atomic E-state index is 0.345. The molecule has 0 unspecified atom stereocenters. The van der Waals surface area contributed by atoms with Gasteiger partial charge in [-0.3, -0.25) is 4.99 Å². The van der Waals surface area contributed by atoms with Crippen molar-refractivity contribution in [2.75, 3.05) is 19.3 Å². The molecule has 0 aliphatic rings. The van der Waals surface area contributed by atoms with Crippen LogP contribution in [0.3, 0.4) is 0 Å². The van der Waals surface area contributed by atoms with Gasteiger partial charge in [0.1, 0.15) is 0 Å². The van der Waals surface area contributed by atoms with Crippen molar-refractivity contribution in [1.82, 2.24) is 5.32 Å². The highest BCUT2D eigenvalue weighted by atomic mass is 32.2. The summed E-state index contributed by atoms with van der Waals surface area (Å²) in [4.78, 5) is 4.62. The molecule has 0 saturated carbocycles. The zero-order valence-electron chi connectivity index (χ0n) is 13.5. The summed E-state index contributed by atoms with van der Waals surface area (Å²) in [6, 6.07) is 6.93. The lowest BCUT2D eigenvalue weighted by atomic mass is 10.1. The van der Waals surface area contributed by atoms with Crippen LogP contribution in [0.2, 0.25) is 0 Å². The lowest BCUT2D eigenvalue weighted by Crippen LogP contribution is -2.33. The van der Waals surface area contributed by atoms with Gasteiger partial charge in [-0.05, 0) is 30.5 Å². The van der Waals surface area contributed by atoms with E-state index in [0.717, 1.165) is 24.9 Å². The Bertz CT molecular complexity index is 566. The number of nitrogens with one attached hydrogen (secondary N) is 1.